The lowest BCUT2D eigenvalue weighted by atomic mass is 10.0. The highest BCUT2D eigenvalue weighted by molar-refractivity contribution is 5.36. The Labute approximate surface area is 126 Å². The van der Waals surface area contributed by atoms with Crippen molar-refractivity contribution in [2.24, 2.45) is 0 Å². The summed E-state index contributed by atoms with van der Waals surface area (Å²) >= 11 is 0. The lowest BCUT2D eigenvalue weighted by Gasteiger charge is -2.20. The predicted molar refractivity (Wildman–Crippen MR) is 82.6 cm³/mol. The van der Waals surface area contributed by atoms with Crippen LogP contribution in [0.1, 0.15) is 23.8 Å². The molecule has 0 aliphatic carbocycles. The van der Waals surface area contributed by atoms with Crippen LogP contribution in [-0.2, 0) is 11.2 Å². The molecule has 1 N–H and O–H groups in total. The number of benzene rings is 1. The number of aryl methyl sites for hydroxylation is 1. The van der Waals surface area contributed by atoms with Gasteiger partial charge in [0.25, 0.3) is 0 Å². The molecule has 1 atom stereocenters. The summed E-state index contributed by atoms with van der Waals surface area (Å²) < 4.78 is 16.2. The molecule has 0 amide bonds. The molecule has 0 bridgehead atoms. The van der Waals surface area contributed by atoms with Crippen LogP contribution in [0.4, 0.5) is 0 Å². The molecule has 2 rings (SSSR count). The number of rotatable bonds is 9. The van der Waals surface area contributed by atoms with E-state index in [9.17, 15) is 0 Å². The summed E-state index contributed by atoms with van der Waals surface area (Å²) in [6.45, 7) is 1.15. The van der Waals surface area contributed by atoms with E-state index in [1.165, 1.54) is 5.56 Å². The summed E-state index contributed by atoms with van der Waals surface area (Å²) in [6, 6.07) is 12.3. The van der Waals surface area contributed by atoms with Gasteiger partial charge in [0.2, 0.25) is 0 Å². The maximum Gasteiger partial charge on any atom is 0.124 e. The normalized spacial score (nSPS) is 12.3. The summed E-state index contributed by atoms with van der Waals surface area (Å²) in [5, 5.41) is 3.36. The van der Waals surface area contributed by atoms with Crippen molar-refractivity contribution in [2.75, 3.05) is 27.4 Å². The van der Waals surface area contributed by atoms with Gasteiger partial charge in [-0.05, 0) is 31.7 Å². The fourth-order valence-corrected chi connectivity index (χ4v) is 2.33. The largest absolute Gasteiger partial charge is 0.491 e. The Bertz CT molecular complexity index is 511. The van der Waals surface area contributed by atoms with Crippen LogP contribution in [0.2, 0.25) is 0 Å². The molecule has 1 aromatic heterocycles. The Morgan fingerprint density at radius 2 is 2.00 bits per heavy atom. The van der Waals surface area contributed by atoms with Gasteiger partial charge in [0.1, 0.15) is 18.1 Å². The highest BCUT2D eigenvalue weighted by atomic mass is 16.5. The molecule has 0 saturated heterocycles. The Kier molecular flexibility index (Phi) is 6.31. The first kappa shape index (κ1) is 15.6. The zero-order valence-corrected chi connectivity index (χ0v) is 12.7. The van der Waals surface area contributed by atoms with Crippen LogP contribution in [0.3, 0.4) is 0 Å². The fraction of sp³-hybridized carbons (Fsp3) is 0.412. The molecule has 0 aliphatic rings. The summed E-state index contributed by atoms with van der Waals surface area (Å²) in [5.74, 6) is 1.92. The molecule has 2 aromatic rings. The van der Waals surface area contributed by atoms with E-state index >= 15 is 0 Å². The van der Waals surface area contributed by atoms with E-state index in [1.54, 1.807) is 13.4 Å². The second kappa shape index (κ2) is 8.49. The lowest BCUT2D eigenvalue weighted by molar-refractivity contribution is 0.145. The van der Waals surface area contributed by atoms with E-state index in [0.717, 1.165) is 24.4 Å². The predicted octanol–water partition coefficient (Wildman–Crippen LogP) is 3.20. The third-order valence-corrected chi connectivity index (χ3v) is 3.45. The molecule has 0 radical (unpaired) electrons. The average Bonchev–Trinajstić information content (AvgIpc) is 3.03. The highest BCUT2D eigenvalue weighted by Gasteiger charge is 2.15. The van der Waals surface area contributed by atoms with Crippen molar-refractivity contribution >= 4 is 0 Å². The van der Waals surface area contributed by atoms with Gasteiger partial charge in [0, 0.05) is 25.1 Å². The minimum Gasteiger partial charge on any atom is -0.491 e. The van der Waals surface area contributed by atoms with Crippen LogP contribution in [0.5, 0.6) is 5.75 Å². The molecule has 114 valence electrons. The highest BCUT2D eigenvalue weighted by Crippen LogP contribution is 2.28. The SMILES string of the molecule is CNC(CCc1ccco1)c1ccccc1OCCOC. The third-order valence-electron chi connectivity index (χ3n) is 3.45. The van der Waals surface area contributed by atoms with Gasteiger partial charge in [-0.15, -0.1) is 0 Å². The molecular formula is C17H23NO3. The van der Waals surface area contributed by atoms with Gasteiger partial charge >= 0.3 is 0 Å². The number of methoxy groups -OCH3 is 1. The van der Waals surface area contributed by atoms with Crippen LogP contribution in [0, 0.1) is 0 Å². The van der Waals surface area contributed by atoms with Crippen LogP contribution >= 0.6 is 0 Å². The van der Waals surface area contributed by atoms with Gasteiger partial charge in [-0.2, -0.15) is 0 Å². The van der Waals surface area contributed by atoms with E-state index < -0.39 is 0 Å². The topological polar surface area (TPSA) is 43.6 Å². The van der Waals surface area contributed by atoms with Gasteiger partial charge in [0.15, 0.2) is 0 Å². The van der Waals surface area contributed by atoms with E-state index in [-0.39, 0.29) is 6.04 Å². The first-order valence-electron chi connectivity index (χ1n) is 7.25. The third kappa shape index (κ3) is 4.62. The Morgan fingerprint density at radius 3 is 2.71 bits per heavy atom. The second-order valence-electron chi connectivity index (χ2n) is 4.84. The fourth-order valence-electron chi connectivity index (χ4n) is 2.33. The van der Waals surface area contributed by atoms with Crippen molar-refractivity contribution in [1.29, 1.82) is 0 Å². The van der Waals surface area contributed by atoms with Crippen LogP contribution < -0.4 is 10.1 Å². The number of hydrogen-bond acceptors (Lipinski definition) is 4. The van der Waals surface area contributed by atoms with E-state index in [1.807, 2.05) is 37.4 Å². The summed E-state index contributed by atoms with van der Waals surface area (Å²) in [7, 11) is 3.65. The van der Waals surface area contributed by atoms with Crippen LogP contribution in [0.15, 0.2) is 47.1 Å². The monoisotopic (exact) mass is 289 g/mol. The molecule has 4 heteroatoms. The van der Waals surface area contributed by atoms with Crippen molar-refractivity contribution in [1.82, 2.24) is 5.32 Å². The van der Waals surface area contributed by atoms with E-state index in [2.05, 4.69) is 11.4 Å². The van der Waals surface area contributed by atoms with Crippen LogP contribution in [-0.4, -0.2) is 27.4 Å². The lowest BCUT2D eigenvalue weighted by Crippen LogP contribution is -2.18. The van der Waals surface area contributed by atoms with E-state index in [4.69, 9.17) is 13.9 Å². The summed E-state index contributed by atoms with van der Waals surface area (Å²) in [4.78, 5) is 0. The van der Waals surface area contributed by atoms with E-state index in [0.29, 0.717) is 13.2 Å². The van der Waals surface area contributed by atoms with Gasteiger partial charge < -0.3 is 19.2 Å². The average molecular weight is 289 g/mol. The smallest absolute Gasteiger partial charge is 0.124 e. The standard InChI is InChI=1S/C17H23NO3/c1-18-16(10-9-14-6-5-11-20-14)15-7-3-4-8-17(15)21-13-12-19-2/h3-8,11,16,18H,9-10,12-13H2,1-2H3. The molecule has 1 heterocycles. The number of furan rings is 1. The molecule has 0 fully saturated rings. The number of hydrogen-bond donors (Lipinski definition) is 1. The molecule has 0 saturated carbocycles. The number of ether oxygens (including phenoxy) is 2. The van der Waals surface area contributed by atoms with Crippen molar-refractivity contribution in [3.05, 3.63) is 54.0 Å². The molecule has 0 aliphatic heterocycles. The second-order valence-corrected chi connectivity index (χ2v) is 4.84. The Hall–Kier alpha value is -1.78. The summed E-state index contributed by atoms with van der Waals surface area (Å²) in [5.41, 5.74) is 1.17. The first-order chi connectivity index (χ1) is 10.3. The number of para-hydroxylation sites is 1. The van der Waals surface area contributed by atoms with Gasteiger partial charge in [0.05, 0.1) is 12.9 Å². The minimum atomic E-state index is 0.230. The van der Waals surface area contributed by atoms with Crippen molar-refractivity contribution in [3.63, 3.8) is 0 Å². The maximum absolute atomic E-state index is 5.81. The van der Waals surface area contributed by atoms with Gasteiger partial charge in [-0.3, -0.25) is 0 Å². The first-order valence-corrected chi connectivity index (χ1v) is 7.25. The Balaban J connectivity index is 2.02. The molecule has 1 unspecified atom stereocenters. The van der Waals surface area contributed by atoms with Gasteiger partial charge in [-0.1, -0.05) is 18.2 Å². The summed E-state index contributed by atoms with van der Waals surface area (Å²) in [6.07, 6.45) is 3.56. The maximum atomic E-state index is 5.81. The minimum absolute atomic E-state index is 0.230. The molecule has 0 spiro atoms. The molecule has 4 nitrogen and oxygen atoms in total. The van der Waals surface area contributed by atoms with Crippen molar-refractivity contribution in [3.8, 4) is 5.75 Å². The molecule has 1 aromatic carbocycles. The zero-order chi connectivity index (χ0) is 14.9. The van der Waals surface area contributed by atoms with Gasteiger partial charge in [-0.25, -0.2) is 0 Å². The molecular weight excluding hydrogens is 266 g/mol. The van der Waals surface area contributed by atoms with Crippen LogP contribution in [0.25, 0.3) is 0 Å². The quantitative estimate of drug-likeness (QED) is 0.720. The van der Waals surface area contributed by atoms with Crippen molar-refractivity contribution in [2.45, 2.75) is 18.9 Å². The zero-order valence-electron chi connectivity index (χ0n) is 12.7. The Morgan fingerprint density at radius 1 is 1.14 bits per heavy atom. The molecule has 21 heavy (non-hydrogen) atoms. The number of nitrogens with one attached hydrogen (secondary N) is 1. The van der Waals surface area contributed by atoms with Crippen molar-refractivity contribution < 1.29 is 13.9 Å².